The van der Waals surface area contributed by atoms with E-state index in [1.165, 1.54) is 36.5 Å². The number of para-hydroxylation sites is 1. The number of pyridine rings is 1. The van der Waals surface area contributed by atoms with E-state index in [1.54, 1.807) is 13.8 Å². The molecule has 224 valence electrons. The molecule has 2 aliphatic carbocycles. The number of fused-ring (bicyclic) bond motifs is 4. The minimum atomic E-state index is -1.70. The number of ketones is 1. The number of aryl methyl sites for hydroxylation is 2. The number of carbonyl (C=O) groups excluding carboxylic acids is 3. The van der Waals surface area contributed by atoms with E-state index < -0.39 is 70.1 Å². The Kier molecular flexibility index (Phi) is 5.12. The van der Waals surface area contributed by atoms with E-state index in [9.17, 15) is 34.2 Å². The number of phenols is 1. The molecule has 3 aliphatic rings. The number of hydrogen-bond donors (Lipinski definition) is 2. The molecule has 1 aliphatic heterocycles. The van der Waals surface area contributed by atoms with Crippen LogP contribution >= 0.6 is 0 Å². The number of benzene rings is 4. The van der Waals surface area contributed by atoms with Crippen molar-refractivity contribution in [1.82, 2.24) is 4.57 Å². The molecule has 2 N–H and O–H groups in total. The van der Waals surface area contributed by atoms with Gasteiger partial charge in [0.25, 0.3) is 0 Å². The zero-order valence-electron chi connectivity index (χ0n) is 24.0. The normalized spacial score (nSPS) is 21.2. The van der Waals surface area contributed by atoms with Crippen molar-refractivity contribution in [1.29, 1.82) is 0 Å². The molecule has 1 spiro atoms. The predicted octanol–water partition coefficient (Wildman–Crippen LogP) is 3.79. The third-order valence-electron chi connectivity index (χ3n) is 9.54. The number of aromatic nitrogens is 1. The number of nitrogens with zero attached hydrogens (tertiary/aromatic N) is 1. The summed E-state index contributed by atoms with van der Waals surface area (Å²) in [7, 11) is 0. The average Bonchev–Trinajstić information content (AvgIpc) is 3.18. The fourth-order valence-electron chi connectivity index (χ4n) is 8.00. The molecule has 10 nitrogen and oxygen atoms in total. The topological polar surface area (TPSA) is 149 Å². The maximum atomic E-state index is 15.0. The summed E-state index contributed by atoms with van der Waals surface area (Å²) in [4.78, 5) is 68.6. The summed E-state index contributed by atoms with van der Waals surface area (Å²) in [6, 6.07) is 8.05. The molecule has 0 unspecified atom stereocenters. The molecule has 11 heteroatoms. The Morgan fingerprint density at radius 2 is 1.73 bits per heavy atom. The number of esters is 2. The number of cyclic esters (lactones) is 1. The smallest absolute Gasteiger partial charge is 0.342 e. The number of Topliss-reactive ketones (excluding diaryl/α,β-unsaturated/α-hetero) is 1. The van der Waals surface area contributed by atoms with E-state index in [1.807, 2.05) is 0 Å². The van der Waals surface area contributed by atoms with Gasteiger partial charge in [0.05, 0.1) is 22.4 Å². The first kappa shape index (κ1) is 27.0. The van der Waals surface area contributed by atoms with Gasteiger partial charge in [-0.25, -0.2) is 9.18 Å². The second-order valence-corrected chi connectivity index (χ2v) is 11.9. The highest BCUT2D eigenvalue weighted by atomic mass is 19.1. The summed E-state index contributed by atoms with van der Waals surface area (Å²) in [6.45, 7) is 3.88. The Bertz CT molecular complexity index is 2390. The van der Waals surface area contributed by atoms with Gasteiger partial charge in [-0.2, -0.15) is 0 Å². The fourth-order valence-corrected chi connectivity index (χ4v) is 8.00. The van der Waals surface area contributed by atoms with Crippen LogP contribution in [0.15, 0.2) is 52.2 Å². The van der Waals surface area contributed by atoms with E-state index >= 15 is 4.39 Å². The van der Waals surface area contributed by atoms with Gasteiger partial charge in [-0.05, 0) is 65.8 Å². The summed E-state index contributed by atoms with van der Waals surface area (Å²) in [6.07, 6.45) is -0.115. The number of halogens is 1. The number of ether oxygens (including phenoxy) is 2. The standard InChI is InChI=1S/C34H22FNO9/c1-12-8-18(38)23-22-15(10-36(32(23)42)17-7-5-4-6-16(17)35)29(40)28-25(20(12)22)26-30(41)21-13(2)9-19(39)24-27(21)34(28,11-44-33(24)43)31(26)45-14(3)37/h4-10,26,31,39,42H,11H2,1-3H3/t26-,31-,34-/m0/s1. The Morgan fingerprint density at radius 1 is 1.00 bits per heavy atom. The third kappa shape index (κ3) is 3.04. The van der Waals surface area contributed by atoms with Crippen molar-refractivity contribution in [3.8, 4) is 17.3 Å². The van der Waals surface area contributed by atoms with Gasteiger partial charge in [-0.1, -0.05) is 12.1 Å². The van der Waals surface area contributed by atoms with E-state index in [0.717, 1.165) is 17.6 Å². The maximum absolute atomic E-state index is 15.0. The van der Waals surface area contributed by atoms with E-state index in [4.69, 9.17) is 9.47 Å². The molecular weight excluding hydrogens is 585 g/mol. The van der Waals surface area contributed by atoms with Crippen LogP contribution in [0.5, 0.6) is 11.6 Å². The summed E-state index contributed by atoms with van der Waals surface area (Å²) in [5.41, 5.74) is -2.38. The number of rotatable bonds is 2. The predicted molar refractivity (Wildman–Crippen MR) is 157 cm³/mol. The zero-order chi connectivity index (χ0) is 31.9. The van der Waals surface area contributed by atoms with Crippen LogP contribution in [0.1, 0.15) is 61.4 Å². The van der Waals surface area contributed by atoms with Crippen molar-refractivity contribution in [2.45, 2.75) is 38.2 Å². The van der Waals surface area contributed by atoms with E-state index in [0.29, 0.717) is 16.5 Å². The first-order chi connectivity index (χ1) is 21.4. The van der Waals surface area contributed by atoms with Crippen molar-refractivity contribution in [3.05, 3.63) is 108 Å². The number of hydrogen-bond acceptors (Lipinski definition) is 9. The van der Waals surface area contributed by atoms with Gasteiger partial charge < -0.3 is 19.7 Å². The molecule has 2 bridgehead atoms. The monoisotopic (exact) mass is 607 g/mol. The quantitative estimate of drug-likeness (QED) is 0.286. The molecule has 1 aromatic heterocycles. The van der Waals surface area contributed by atoms with Gasteiger partial charge in [0, 0.05) is 35.0 Å². The van der Waals surface area contributed by atoms with Gasteiger partial charge in [0.15, 0.2) is 16.6 Å². The lowest BCUT2D eigenvalue weighted by Crippen LogP contribution is -2.55. The molecular formula is C34H22FNO9. The average molecular weight is 608 g/mol. The van der Waals surface area contributed by atoms with Crippen LogP contribution in [0.25, 0.3) is 27.2 Å². The second-order valence-electron chi connectivity index (χ2n) is 11.9. The highest BCUT2D eigenvalue weighted by Gasteiger charge is 2.67. The lowest BCUT2D eigenvalue weighted by Gasteiger charge is -2.44. The molecule has 4 aromatic carbocycles. The Hall–Kier alpha value is -5.58. The highest BCUT2D eigenvalue weighted by Crippen LogP contribution is 2.61. The van der Waals surface area contributed by atoms with Crippen molar-refractivity contribution < 1.29 is 38.5 Å². The first-order valence-electron chi connectivity index (χ1n) is 14.1. The SMILES string of the molecule is CC(=O)O[C@H]1[C@@H]2C(=O)c3c(C)cc(O)c4c3[C@@]1(COC4=O)c1c2c2c(C)cc(=O)c3c(O)n(-c4ccccc4F)cc(c1=O)c23. The molecule has 8 rings (SSSR count). The van der Waals surface area contributed by atoms with Crippen LogP contribution in [0.3, 0.4) is 0 Å². The minimum Gasteiger partial charge on any atom is -0.507 e. The van der Waals surface area contributed by atoms with Crippen LogP contribution in [-0.4, -0.2) is 45.2 Å². The number of aromatic hydroxyl groups is 2. The number of carbonyl (C=O) groups is 3. The van der Waals surface area contributed by atoms with Crippen LogP contribution in [0.2, 0.25) is 0 Å². The molecule has 3 atom stereocenters. The van der Waals surface area contributed by atoms with E-state index in [-0.39, 0.29) is 49.7 Å². The van der Waals surface area contributed by atoms with Crippen LogP contribution in [0.4, 0.5) is 4.39 Å². The summed E-state index contributed by atoms with van der Waals surface area (Å²) in [5.74, 6) is -5.25. The van der Waals surface area contributed by atoms with Gasteiger partial charge in [-0.3, -0.25) is 23.7 Å². The fraction of sp³-hybridized carbons (Fsp3) is 0.206. The third-order valence-corrected chi connectivity index (χ3v) is 9.54. The Morgan fingerprint density at radius 3 is 2.44 bits per heavy atom. The largest absolute Gasteiger partial charge is 0.507 e. The Labute approximate surface area is 252 Å². The van der Waals surface area contributed by atoms with Crippen LogP contribution < -0.4 is 10.9 Å². The number of phenolic OH excluding ortho intramolecular Hbond substituents is 1. The summed E-state index contributed by atoms with van der Waals surface area (Å²) < 4.78 is 27.5. The minimum absolute atomic E-state index is 0.00548. The molecule has 45 heavy (non-hydrogen) atoms. The van der Waals surface area contributed by atoms with Crippen molar-refractivity contribution in [2.75, 3.05) is 6.61 Å². The van der Waals surface area contributed by atoms with Crippen LogP contribution in [-0.2, 0) is 19.7 Å². The summed E-state index contributed by atoms with van der Waals surface area (Å²) in [5, 5.41) is 22.4. The van der Waals surface area contributed by atoms with Gasteiger partial charge >= 0.3 is 11.9 Å². The Balaban J connectivity index is 1.64. The molecule has 0 saturated heterocycles. The van der Waals surface area contributed by atoms with Crippen LogP contribution in [0, 0.1) is 19.7 Å². The highest BCUT2D eigenvalue weighted by molar-refractivity contribution is 6.19. The molecule has 0 fully saturated rings. The van der Waals surface area contributed by atoms with E-state index in [2.05, 4.69) is 0 Å². The van der Waals surface area contributed by atoms with Gasteiger partial charge in [0.1, 0.15) is 29.8 Å². The maximum Gasteiger partial charge on any atom is 0.342 e. The molecule has 0 radical (unpaired) electrons. The van der Waals surface area contributed by atoms with Gasteiger partial charge in [-0.15, -0.1) is 0 Å². The van der Waals surface area contributed by atoms with Gasteiger partial charge in [0.2, 0.25) is 5.88 Å². The molecule has 2 heterocycles. The molecule has 0 saturated carbocycles. The first-order valence-corrected chi connectivity index (χ1v) is 14.1. The zero-order valence-corrected chi connectivity index (χ0v) is 24.0. The second kappa shape index (κ2) is 8.53. The molecule has 5 aromatic rings. The van der Waals surface area contributed by atoms with Crippen molar-refractivity contribution in [2.24, 2.45) is 0 Å². The van der Waals surface area contributed by atoms with Crippen molar-refractivity contribution >= 4 is 39.3 Å². The molecule has 0 amide bonds. The summed E-state index contributed by atoms with van der Waals surface area (Å²) >= 11 is 0. The lowest BCUT2D eigenvalue weighted by atomic mass is 9.63. The van der Waals surface area contributed by atoms with Crippen molar-refractivity contribution in [3.63, 3.8) is 0 Å². The lowest BCUT2D eigenvalue weighted by molar-refractivity contribution is -0.150.